The van der Waals surface area contributed by atoms with Gasteiger partial charge in [0.2, 0.25) is 5.89 Å². The minimum Gasteiger partial charge on any atom is -0.449 e. The molecule has 1 N–H and O–H groups in total. The average Bonchev–Trinajstić information content (AvgIpc) is 3.06. The van der Waals surface area contributed by atoms with E-state index in [2.05, 4.69) is 10.3 Å². The lowest BCUT2D eigenvalue weighted by Gasteiger charge is -2.14. The minimum absolute atomic E-state index is 0.278. The zero-order valence-corrected chi connectivity index (χ0v) is 15.5. The molecule has 3 aromatic rings. The van der Waals surface area contributed by atoms with E-state index in [9.17, 15) is 9.59 Å². The van der Waals surface area contributed by atoms with Crippen molar-refractivity contribution in [2.75, 3.05) is 5.32 Å². The molecule has 2 aromatic carbocycles. The van der Waals surface area contributed by atoms with Crippen LogP contribution in [0.4, 0.5) is 5.69 Å². The van der Waals surface area contributed by atoms with E-state index in [-0.39, 0.29) is 5.89 Å². The summed E-state index contributed by atoms with van der Waals surface area (Å²) < 4.78 is 10.6. The molecule has 0 saturated heterocycles. The van der Waals surface area contributed by atoms with E-state index in [4.69, 9.17) is 20.8 Å². The number of hydrogen-bond donors (Lipinski definition) is 1. The van der Waals surface area contributed by atoms with E-state index in [1.54, 1.807) is 37.3 Å². The molecule has 0 radical (unpaired) electrons. The summed E-state index contributed by atoms with van der Waals surface area (Å²) in [6.45, 7) is 3.28. The number of aromatic nitrogens is 1. The van der Waals surface area contributed by atoms with Gasteiger partial charge in [-0.05, 0) is 43.7 Å². The van der Waals surface area contributed by atoms with E-state index in [0.717, 1.165) is 5.56 Å². The number of fused-ring (bicyclic) bond motifs is 1. The fourth-order valence-corrected chi connectivity index (χ4v) is 2.52. The highest BCUT2D eigenvalue weighted by atomic mass is 35.5. The van der Waals surface area contributed by atoms with E-state index >= 15 is 0 Å². The van der Waals surface area contributed by atoms with Crippen LogP contribution in [0.2, 0.25) is 5.02 Å². The number of amides is 1. The van der Waals surface area contributed by atoms with Crippen LogP contribution in [0.15, 0.2) is 53.0 Å². The lowest BCUT2D eigenvalue weighted by molar-refractivity contribution is -0.148. The first-order chi connectivity index (χ1) is 12.9. The molecular formula is C20H17ClN2O4. The number of benzene rings is 2. The van der Waals surface area contributed by atoms with Crippen LogP contribution < -0.4 is 5.32 Å². The second-order valence-electron chi connectivity index (χ2n) is 5.83. The molecule has 27 heavy (non-hydrogen) atoms. The van der Waals surface area contributed by atoms with Gasteiger partial charge in [0, 0.05) is 22.9 Å². The third kappa shape index (κ3) is 4.54. The van der Waals surface area contributed by atoms with Gasteiger partial charge in [0.15, 0.2) is 11.7 Å². The number of anilines is 1. The van der Waals surface area contributed by atoms with Crippen molar-refractivity contribution in [3.05, 3.63) is 65.0 Å². The van der Waals surface area contributed by atoms with E-state index in [1.807, 2.05) is 12.1 Å². The number of para-hydroxylation sites is 2. The molecule has 0 aliphatic heterocycles. The van der Waals surface area contributed by atoms with Gasteiger partial charge < -0.3 is 14.5 Å². The Bertz CT molecular complexity index is 993. The summed E-state index contributed by atoms with van der Waals surface area (Å²) >= 11 is 6.03. The molecule has 0 spiro atoms. The number of ether oxygens (including phenoxy) is 1. The molecule has 1 heterocycles. The van der Waals surface area contributed by atoms with Crippen molar-refractivity contribution in [1.29, 1.82) is 0 Å². The number of esters is 1. The summed E-state index contributed by atoms with van der Waals surface area (Å²) in [5.74, 6) is -0.855. The van der Waals surface area contributed by atoms with E-state index < -0.39 is 18.0 Å². The first kappa shape index (κ1) is 18.7. The number of halogens is 1. The van der Waals surface area contributed by atoms with Gasteiger partial charge in [-0.25, -0.2) is 9.78 Å². The lowest BCUT2D eigenvalue weighted by Crippen LogP contribution is -2.29. The van der Waals surface area contributed by atoms with E-state index in [1.165, 1.54) is 19.1 Å². The monoisotopic (exact) mass is 384 g/mol. The largest absolute Gasteiger partial charge is 0.449 e. The van der Waals surface area contributed by atoms with E-state index in [0.29, 0.717) is 21.8 Å². The standard InChI is InChI=1S/C20H17ClN2O4/c1-12-14(21)6-5-8-15(12)23-20(25)13(2)26-19(24)11-10-18-22-16-7-3-4-9-17(16)27-18/h3-11,13H,1-2H3,(H,23,25)/b11-10+/t13-/m0/s1. The van der Waals surface area contributed by atoms with Crippen LogP contribution in [0.25, 0.3) is 17.2 Å². The summed E-state index contributed by atoms with van der Waals surface area (Å²) in [6, 6.07) is 12.4. The van der Waals surface area contributed by atoms with Crippen molar-refractivity contribution in [3.8, 4) is 0 Å². The highest BCUT2D eigenvalue weighted by Crippen LogP contribution is 2.23. The normalized spacial score (nSPS) is 12.3. The zero-order chi connectivity index (χ0) is 19.4. The summed E-state index contributed by atoms with van der Waals surface area (Å²) in [5, 5.41) is 3.23. The molecule has 0 aliphatic carbocycles. The van der Waals surface area contributed by atoms with Crippen molar-refractivity contribution in [1.82, 2.24) is 4.98 Å². The Labute approximate surface area is 160 Å². The Kier molecular flexibility index (Phi) is 5.57. The quantitative estimate of drug-likeness (QED) is 0.521. The van der Waals surface area contributed by atoms with Crippen molar-refractivity contribution in [3.63, 3.8) is 0 Å². The van der Waals surface area contributed by atoms with Crippen molar-refractivity contribution < 1.29 is 18.7 Å². The average molecular weight is 385 g/mol. The smallest absolute Gasteiger partial charge is 0.331 e. The predicted octanol–water partition coefficient (Wildman–Crippen LogP) is 4.37. The van der Waals surface area contributed by atoms with Crippen LogP contribution in [0.1, 0.15) is 18.4 Å². The molecule has 0 aliphatic rings. The Hall–Kier alpha value is -3.12. The van der Waals surface area contributed by atoms with Crippen LogP contribution in [-0.4, -0.2) is 23.0 Å². The second kappa shape index (κ2) is 8.05. The predicted molar refractivity (Wildman–Crippen MR) is 103 cm³/mol. The SMILES string of the molecule is Cc1c(Cl)cccc1NC(=O)[C@H](C)OC(=O)/C=C/c1nc2ccccc2o1. The van der Waals surface area contributed by atoms with Crippen LogP contribution in [0.5, 0.6) is 0 Å². The van der Waals surface area contributed by atoms with Gasteiger partial charge in [-0.15, -0.1) is 0 Å². The number of nitrogens with zero attached hydrogens (tertiary/aromatic N) is 1. The lowest BCUT2D eigenvalue weighted by atomic mass is 10.2. The van der Waals surface area contributed by atoms with Gasteiger partial charge in [0.1, 0.15) is 5.52 Å². The topological polar surface area (TPSA) is 81.4 Å². The van der Waals surface area contributed by atoms with Gasteiger partial charge in [-0.2, -0.15) is 0 Å². The van der Waals surface area contributed by atoms with Crippen molar-refractivity contribution in [2.24, 2.45) is 0 Å². The van der Waals surface area contributed by atoms with Gasteiger partial charge in [0.25, 0.3) is 5.91 Å². The first-order valence-corrected chi connectivity index (χ1v) is 8.62. The van der Waals surface area contributed by atoms with Gasteiger partial charge in [0.05, 0.1) is 0 Å². The molecular weight excluding hydrogens is 368 g/mol. The number of carbonyl (C=O) groups is 2. The maximum Gasteiger partial charge on any atom is 0.331 e. The second-order valence-corrected chi connectivity index (χ2v) is 6.24. The molecule has 0 unspecified atom stereocenters. The molecule has 0 bridgehead atoms. The fraction of sp³-hybridized carbons (Fsp3) is 0.150. The van der Waals surface area contributed by atoms with Crippen molar-refractivity contribution >= 4 is 46.3 Å². The highest BCUT2D eigenvalue weighted by molar-refractivity contribution is 6.31. The summed E-state index contributed by atoms with van der Waals surface area (Å²) in [7, 11) is 0. The van der Waals surface area contributed by atoms with Crippen LogP contribution in [0.3, 0.4) is 0 Å². The van der Waals surface area contributed by atoms with Crippen LogP contribution >= 0.6 is 11.6 Å². The molecule has 7 heteroatoms. The highest BCUT2D eigenvalue weighted by Gasteiger charge is 2.18. The van der Waals surface area contributed by atoms with Gasteiger partial charge in [-0.1, -0.05) is 29.8 Å². The Morgan fingerprint density at radius 3 is 2.78 bits per heavy atom. The Morgan fingerprint density at radius 1 is 1.22 bits per heavy atom. The first-order valence-electron chi connectivity index (χ1n) is 8.24. The molecule has 138 valence electrons. The molecule has 1 atom stereocenters. The van der Waals surface area contributed by atoms with Gasteiger partial charge >= 0.3 is 5.97 Å². The number of oxazole rings is 1. The fourth-order valence-electron chi connectivity index (χ4n) is 2.34. The van der Waals surface area contributed by atoms with Crippen molar-refractivity contribution in [2.45, 2.75) is 20.0 Å². The third-order valence-corrected chi connectivity index (χ3v) is 4.27. The molecule has 6 nitrogen and oxygen atoms in total. The third-order valence-electron chi connectivity index (χ3n) is 3.86. The maximum absolute atomic E-state index is 12.2. The molecule has 0 saturated carbocycles. The molecule has 3 rings (SSSR count). The summed E-state index contributed by atoms with van der Waals surface area (Å²) in [4.78, 5) is 28.4. The number of hydrogen-bond acceptors (Lipinski definition) is 5. The molecule has 1 aromatic heterocycles. The Morgan fingerprint density at radius 2 is 2.00 bits per heavy atom. The number of nitrogens with one attached hydrogen (secondary N) is 1. The summed E-state index contributed by atoms with van der Waals surface area (Å²) in [6.07, 6.45) is 1.58. The van der Waals surface area contributed by atoms with Crippen LogP contribution in [-0.2, 0) is 14.3 Å². The Balaban J connectivity index is 1.59. The number of rotatable bonds is 5. The summed E-state index contributed by atoms with van der Waals surface area (Å²) in [5.41, 5.74) is 2.62. The number of carbonyl (C=O) groups excluding carboxylic acids is 2. The van der Waals surface area contributed by atoms with Gasteiger partial charge in [-0.3, -0.25) is 4.79 Å². The maximum atomic E-state index is 12.2. The molecule has 1 amide bonds. The molecule has 0 fully saturated rings. The van der Waals surface area contributed by atoms with Crippen LogP contribution in [0, 0.1) is 6.92 Å². The zero-order valence-electron chi connectivity index (χ0n) is 14.7. The minimum atomic E-state index is -0.982.